The van der Waals surface area contributed by atoms with Crippen LogP contribution >= 0.6 is 0 Å². The number of hydrogen-bond acceptors (Lipinski definition) is 4. The number of anilines is 1. The molecule has 0 spiro atoms. The summed E-state index contributed by atoms with van der Waals surface area (Å²) in [6.07, 6.45) is 0.910. The number of nitrogens with zero attached hydrogens (tertiary/aromatic N) is 1. The van der Waals surface area contributed by atoms with Crippen molar-refractivity contribution in [1.29, 1.82) is 0 Å². The Morgan fingerprint density at radius 3 is 2.68 bits per heavy atom. The smallest absolute Gasteiger partial charge is 0.241 e. The molecule has 2 aromatic rings. The van der Waals surface area contributed by atoms with Crippen LogP contribution in [-0.4, -0.2) is 37.7 Å². The minimum Gasteiger partial charge on any atom is -0.337 e. The van der Waals surface area contributed by atoms with E-state index in [-0.39, 0.29) is 23.1 Å². The zero-order valence-electron chi connectivity index (χ0n) is 15.4. The summed E-state index contributed by atoms with van der Waals surface area (Å²) >= 11 is 0. The molecule has 28 heavy (non-hydrogen) atoms. The van der Waals surface area contributed by atoms with Gasteiger partial charge in [0, 0.05) is 18.8 Å². The summed E-state index contributed by atoms with van der Waals surface area (Å²) in [4.78, 5) is 26.0. The first kappa shape index (κ1) is 18.6. The van der Waals surface area contributed by atoms with Crippen molar-refractivity contribution in [1.82, 2.24) is 9.62 Å². The normalized spacial score (nSPS) is 16.9. The largest absolute Gasteiger partial charge is 0.337 e. The fraction of sp³-hybridized carbons (Fsp3) is 0.300. The maximum Gasteiger partial charge on any atom is 0.241 e. The van der Waals surface area contributed by atoms with Crippen LogP contribution in [0.15, 0.2) is 47.4 Å². The Kier molecular flexibility index (Phi) is 4.68. The lowest BCUT2D eigenvalue weighted by Gasteiger charge is -2.31. The van der Waals surface area contributed by atoms with Crippen molar-refractivity contribution >= 4 is 27.5 Å². The van der Waals surface area contributed by atoms with Crippen LogP contribution in [-0.2, 0) is 39.0 Å². The standard InChI is InChI=1S/C20H21N3O4S/c1-13(20(25)23-9-8-14-4-2-3-5-15(14)12-23)22-28(26,27)17-6-7-18-16(10-17)11-19(24)21-18/h2-7,10,13,22H,8-9,11-12H2,1H3,(H,21,24)/t13-/m0/s1. The van der Waals surface area contributed by atoms with Crippen molar-refractivity contribution in [3.63, 3.8) is 0 Å². The Labute approximate surface area is 163 Å². The number of sulfonamides is 1. The number of fused-ring (bicyclic) bond motifs is 2. The van der Waals surface area contributed by atoms with Crippen LogP contribution in [0.25, 0.3) is 0 Å². The molecule has 2 aromatic carbocycles. The second kappa shape index (κ2) is 7.03. The second-order valence-electron chi connectivity index (χ2n) is 7.17. The van der Waals surface area contributed by atoms with E-state index in [1.165, 1.54) is 17.7 Å². The minimum atomic E-state index is -3.88. The van der Waals surface area contributed by atoms with Gasteiger partial charge < -0.3 is 10.2 Å². The summed E-state index contributed by atoms with van der Waals surface area (Å²) in [5, 5.41) is 2.67. The fourth-order valence-corrected chi connectivity index (χ4v) is 4.93. The van der Waals surface area contributed by atoms with Gasteiger partial charge in [-0.25, -0.2) is 8.42 Å². The van der Waals surface area contributed by atoms with Gasteiger partial charge in [0.15, 0.2) is 0 Å². The SMILES string of the molecule is C[C@H](NS(=O)(=O)c1ccc2c(c1)CC(=O)N2)C(=O)N1CCc2ccccc2C1. The van der Waals surface area contributed by atoms with E-state index >= 15 is 0 Å². The maximum atomic E-state index is 12.8. The number of carbonyl (C=O) groups is 2. The highest BCUT2D eigenvalue weighted by Gasteiger charge is 2.29. The van der Waals surface area contributed by atoms with Crippen LogP contribution < -0.4 is 10.0 Å². The quantitative estimate of drug-likeness (QED) is 0.813. The van der Waals surface area contributed by atoms with Crippen molar-refractivity contribution in [2.75, 3.05) is 11.9 Å². The lowest BCUT2D eigenvalue weighted by molar-refractivity contribution is -0.133. The van der Waals surface area contributed by atoms with E-state index in [4.69, 9.17) is 0 Å². The second-order valence-corrected chi connectivity index (χ2v) is 8.88. The van der Waals surface area contributed by atoms with E-state index in [2.05, 4.69) is 16.1 Å². The van der Waals surface area contributed by atoms with E-state index in [1.54, 1.807) is 17.9 Å². The van der Waals surface area contributed by atoms with Crippen LogP contribution in [0, 0.1) is 0 Å². The number of nitrogens with one attached hydrogen (secondary N) is 2. The maximum absolute atomic E-state index is 12.8. The Morgan fingerprint density at radius 2 is 1.89 bits per heavy atom. The van der Waals surface area contributed by atoms with Gasteiger partial charge in [-0.2, -0.15) is 4.72 Å². The zero-order valence-corrected chi connectivity index (χ0v) is 16.3. The third-order valence-electron chi connectivity index (χ3n) is 5.16. The Hall–Kier alpha value is -2.71. The molecule has 0 fully saturated rings. The van der Waals surface area contributed by atoms with Gasteiger partial charge in [0.05, 0.1) is 17.4 Å². The van der Waals surface area contributed by atoms with Gasteiger partial charge in [0.1, 0.15) is 0 Å². The molecule has 4 rings (SSSR count). The predicted octanol–water partition coefficient (Wildman–Crippen LogP) is 1.43. The molecule has 0 radical (unpaired) electrons. The first-order chi connectivity index (χ1) is 13.3. The third-order valence-corrected chi connectivity index (χ3v) is 6.70. The lowest BCUT2D eigenvalue weighted by atomic mass is 9.99. The van der Waals surface area contributed by atoms with Crippen LogP contribution in [0.5, 0.6) is 0 Å². The number of rotatable bonds is 4. The van der Waals surface area contributed by atoms with Crippen molar-refractivity contribution < 1.29 is 18.0 Å². The number of carbonyl (C=O) groups excluding carboxylic acids is 2. The molecule has 1 atom stereocenters. The molecule has 8 heteroatoms. The summed E-state index contributed by atoms with van der Waals surface area (Å²) < 4.78 is 27.9. The van der Waals surface area contributed by atoms with Crippen molar-refractivity contribution in [2.45, 2.75) is 37.2 Å². The van der Waals surface area contributed by atoms with E-state index < -0.39 is 16.1 Å². The van der Waals surface area contributed by atoms with Gasteiger partial charge in [-0.15, -0.1) is 0 Å². The van der Waals surface area contributed by atoms with Gasteiger partial charge >= 0.3 is 0 Å². The molecule has 0 aliphatic carbocycles. The molecular weight excluding hydrogens is 378 g/mol. The van der Waals surface area contributed by atoms with Crippen LogP contribution in [0.4, 0.5) is 5.69 Å². The molecule has 2 aliphatic heterocycles. The highest BCUT2D eigenvalue weighted by Crippen LogP contribution is 2.26. The Balaban J connectivity index is 1.47. The summed E-state index contributed by atoms with van der Waals surface area (Å²) in [6.45, 7) is 2.60. The van der Waals surface area contributed by atoms with Crippen LogP contribution in [0.1, 0.15) is 23.6 Å². The lowest BCUT2D eigenvalue weighted by Crippen LogP contribution is -2.48. The summed E-state index contributed by atoms with van der Waals surface area (Å²) in [5.41, 5.74) is 3.58. The first-order valence-corrected chi connectivity index (χ1v) is 10.6. The van der Waals surface area contributed by atoms with Gasteiger partial charge in [0.2, 0.25) is 21.8 Å². The van der Waals surface area contributed by atoms with E-state index in [9.17, 15) is 18.0 Å². The van der Waals surface area contributed by atoms with Gasteiger partial charge in [-0.05, 0) is 48.2 Å². The topological polar surface area (TPSA) is 95.6 Å². The molecular formula is C20H21N3O4S. The van der Waals surface area contributed by atoms with Gasteiger partial charge in [0.25, 0.3) is 0 Å². The van der Waals surface area contributed by atoms with Crippen molar-refractivity contribution in [3.05, 3.63) is 59.2 Å². The van der Waals surface area contributed by atoms with Crippen molar-refractivity contribution in [2.24, 2.45) is 0 Å². The third kappa shape index (κ3) is 3.53. The van der Waals surface area contributed by atoms with Crippen LogP contribution in [0.3, 0.4) is 0 Å². The first-order valence-electron chi connectivity index (χ1n) is 9.14. The highest BCUT2D eigenvalue weighted by atomic mass is 32.2. The summed E-state index contributed by atoms with van der Waals surface area (Å²) in [5.74, 6) is -0.414. The molecule has 0 saturated carbocycles. The van der Waals surface area contributed by atoms with E-state index in [0.717, 1.165) is 12.0 Å². The number of amides is 2. The Bertz CT molecular complexity index is 1060. The molecule has 0 saturated heterocycles. The molecule has 146 valence electrons. The van der Waals surface area contributed by atoms with Gasteiger partial charge in [-0.3, -0.25) is 9.59 Å². The van der Waals surface area contributed by atoms with Crippen molar-refractivity contribution in [3.8, 4) is 0 Å². The molecule has 2 amide bonds. The van der Waals surface area contributed by atoms with E-state index in [1.807, 2.05) is 18.2 Å². The fourth-order valence-electron chi connectivity index (χ4n) is 3.68. The predicted molar refractivity (Wildman–Crippen MR) is 104 cm³/mol. The molecule has 2 aliphatic rings. The number of hydrogen-bond donors (Lipinski definition) is 2. The molecule has 2 heterocycles. The number of benzene rings is 2. The average Bonchev–Trinajstić information content (AvgIpc) is 3.05. The van der Waals surface area contributed by atoms with Gasteiger partial charge in [-0.1, -0.05) is 24.3 Å². The molecule has 0 aromatic heterocycles. The molecule has 0 unspecified atom stereocenters. The summed E-state index contributed by atoms with van der Waals surface area (Å²) in [7, 11) is -3.88. The minimum absolute atomic E-state index is 0.0476. The van der Waals surface area contributed by atoms with Crippen LogP contribution in [0.2, 0.25) is 0 Å². The molecule has 0 bridgehead atoms. The monoisotopic (exact) mass is 399 g/mol. The zero-order chi connectivity index (χ0) is 19.9. The molecule has 2 N–H and O–H groups in total. The average molecular weight is 399 g/mol. The van der Waals surface area contributed by atoms with E-state index in [0.29, 0.717) is 24.3 Å². The summed E-state index contributed by atoms with van der Waals surface area (Å²) in [6, 6.07) is 11.6. The Morgan fingerprint density at radius 1 is 1.14 bits per heavy atom. The highest BCUT2D eigenvalue weighted by molar-refractivity contribution is 7.89. The molecule has 7 nitrogen and oxygen atoms in total.